The van der Waals surface area contributed by atoms with E-state index < -0.39 is 23.8 Å². The van der Waals surface area contributed by atoms with E-state index in [9.17, 15) is 22.4 Å². The van der Waals surface area contributed by atoms with Gasteiger partial charge in [-0.3, -0.25) is 9.69 Å². The fourth-order valence-electron chi connectivity index (χ4n) is 2.33. The number of amides is 1. The van der Waals surface area contributed by atoms with Gasteiger partial charge in [0.05, 0.1) is 5.69 Å². The Morgan fingerprint density at radius 2 is 1.81 bits per heavy atom. The topological polar surface area (TPSA) is 41.6 Å². The second-order valence-corrected chi connectivity index (χ2v) is 5.61. The Bertz CT molecular complexity index is 894. The van der Waals surface area contributed by atoms with Gasteiger partial charge in [0.25, 0.3) is 5.91 Å². The molecule has 4 nitrogen and oxygen atoms in total. The molecule has 0 radical (unpaired) electrons. The van der Waals surface area contributed by atoms with Gasteiger partial charge in [-0.15, -0.1) is 13.2 Å². The molecule has 0 unspecified atom stereocenters. The van der Waals surface area contributed by atoms with Gasteiger partial charge in [-0.1, -0.05) is 12.1 Å². The van der Waals surface area contributed by atoms with Gasteiger partial charge in [0, 0.05) is 0 Å². The molecule has 1 N–H and O–H groups in total. The van der Waals surface area contributed by atoms with Crippen molar-refractivity contribution in [3.05, 3.63) is 65.6 Å². The number of rotatable bonds is 3. The molecule has 0 aromatic heterocycles. The third-order valence-electron chi connectivity index (χ3n) is 3.37. The maximum Gasteiger partial charge on any atom is 0.573 e. The molecule has 1 heterocycles. The normalized spacial score (nSPS) is 16.2. The maximum absolute atomic E-state index is 13.2. The number of hydrogen-bond acceptors (Lipinski definition) is 3. The van der Waals surface area contributed by atoms with Crippen molar-refractivity contribution in [2.45, 2.75) is 6.36 Å². The molecule has 0 atom stereocenters. The summed E-state index contributed by atoms with van der Waals surface area (Å²) in [6.07, 6.45) is -3.37. The summed E-state index contributed by atoms with van der Waals surface area (Å²) in [5.41, 5.74) is 0.848. The Morgan fingerprint density at radius 1 is 1.12 bits per heavy atom. The van der Waals surface area contributed by atoms with Crippen LogP contribution in [0.4, 0.5) is 23.2 Å². The molecule has 1 aliphatic heterocycles. The van der Waals surface area contributed by atoms with Crippen molar-refractivity contribution in [2.75, 3.05) is 4.90 Å². The van der Waals surface area contributed by atoms with E-state index in [0.717, 1.165) is 17.0 Å². The summed E-state index contributed by atoms with van der Waals surface area (Å²) >= 11 is 5.11. The van der Waals surface area contributed by atoms with E-state index in [-0.39, 0.29) is 16.5 Å². The Balaban J connectivity index is 1.83. The molecule has 0 spiro atoms. The van der Waals surface area contributed by atoms with Gasteiger partial charge in [0.15, 0.2) is 5.11 Å². The summed E-state index contributed by atoms with van der Waals surface area (Å²) in [6.45, 7) is 0. The lowest BCUT2D eigenvalue weighted by Gasteiger charge is -2.15. The number of carbonyl (C=O) groups is 1. The van der Waals surface area contributed by atoms with Crippen LogP contribution >= 0.6 is 12.2 Å². The molecule has 0 saturated carbocycles. The first kappa shape index (κ1) is 17.9. The molecule has 2 aromatic rings. The number of benzene rings is 2. The second-order valence-electron chi connectivity index (χ2n) is 5.23. The number of nitrogens with one attached hydrogen (secondary N) is 1. The Hall–Kier alpha value is -2.94. The SMILES string of the molecule is O=C1/C(=C/c2cccc(F)c2)NC(=S)N1c1ccc(OC(F)(F)F)cc1. The van der Waals surface area contributed by atoms with Crippen LogP contribution < -0.4 is 15.0 Å². The lowest BCUT2D eigenvalue weighted by atomic mass is 10.2. The molecule has 0 aliphatic carbocycles. The van der Waals surface area contributed by atoms with Crippen LogP contribution in [0.5, 0.6) is 5.75 Å². The first-order chi connectivity index (χ1) is 12.2. The first-order valence-corrected chi connectivity index (χ1v) is 7.62. The van der Waals surface area contributed by atoms with Crippen LogP contribution in [0.25, 0.3) is 6.08 Å². The molecule has 1 aliphatic rings. The smallest absolute Gasteiger partial charge is 0.406 e. The average molecular weight is 382 g/mol. The fraction of sp³-hybridized carbons (Fsp3) is 0.0588. The number of ether oxygens (including phenoxy) is 1. The number of alkyl halides is 3. The number of anilines is 1. The van der Waals surface area contributed by atoms with E-state index in [2.05, 4.69) is 10.1 Å². The lowest BCUT2D eigenvalue weighted by Crippen LogP contribution is -2.30. The summed E-state index contributed by atoms with van der Waals surface area (Å²) in [6, 6.07) is 10.3. The van der Waals surface area contributed by atoms with Crippen LogP contribution in [0.15, 0.2) is 54.2 Å². The zero-order chi connectivity index (χ0) is 18.9. The van der Waals surface area contributed by atoms with Crippen molar-refractivity contribution in [1.29, 1.82) is 0 Å². The highest BCUT2D eigenvalue weighted by Gasteiger charge is 2.33. The summed E-state index contributed by atoms with van der Waals surface area (Å²) < 4.78 is 53.6. The van der Waals surface area contributed by atoms with Crippen LogP contribution in [-0.2, 0) is 4.79 Å². The molecule has 134 valence electrons. The average Bonchev–Trinajstić information content (AvgIpc) is 2.81. The zero-order valence-electron chi connectivity index (χ0n) is 12.9. The number of nitrogens with zero attached hydrogens (tertiary/aromatic N) is 1. The van der Waals surface area contributed by atoms with Crippen molar-refractivity contribution < 1.29 is 27.1 Å². The Labute approximate surface area is 150 Å². The van der Waals surface area contributed by atoms with Crippen molar-refractivity contribution in [2.24, 2.45) is 0 Å². The summed E-state index contributed by atoms with van der Waals surface area (Å²) in [7, 11) is 0. The van der Waals surface area contributed by atoms with Crippen molar-refractivity contribution in [3.8, 4) is 5.75 Å². The number of halogens is 4. The number of thiocarbonyl (C=S) groups is 1. The van der Waals surface area contributed by atoms with Gasteiger partial charge in [0.2, 0.25) is 0 Å². The van der Waals surface area contributed by atoms with Gasteiger partial charge in [-0.2, -0.15) is 0 Å². The van der Waals surface area contributed by atoms with Crippen molar-refractivity contribution >= 4 is 35.0 Å². The zero-order valence-corrected chi connectivity index (χ0v) is 13.7. The molecule has 9 heteroatoms. The molecular weight excluding hydrogens is 372 g/mol. The number of carbonyl (C=O) groups excluding carboxylic acids is 1. The maximum atomic E-state index is 13.2. The lowest BCUT2D eigenvalue weighted by molar-refractivity contribution is -0.274. The largest absolute Gasteiger partial charge is 0.573 e. The van der Waals surface area contributed by atoms with Gasteiger partial charge >= 0.3 is 6.36 Å². The van der Waals surface area contributed by atoms with E-state index >= 15 is 0 Å². The Kier molecular flexibility index (Phi) is 4.64. The minimum Gasteiger partial charge on any atom is -0.406 e. The molecule has 1 saturated heterocycles. The molecule has 1 amide bonds. The second kappa shape index (κ2) is 6.75. The van der Waals surface area contributed by atoms with Crippen LogP contribution in [-0.4, -0.2) is 17.4 Å². The minimum absolute atomic E-state index is 0.0575. The summed E-state index contributed by atoms with van der Waals surface area (Å²) in [5.74, 6) is -1.38. The standard InChI is InChI=1S/C17H10F4N2O2S/c18-11-3-1-2-10(8-11)9-14-15(24)23(16(26)22-14)12-4-6-13(7-5-12)25-17(19,20)21/h1-9H,(H,22,26)/b14-9-. The highest BCUT2D eigenvalue weighted by Crippen LogP contribution is 2.27. The highest BCUT2D eigenvalue weighted by atomic mass is 32.1. The van der Waals surface area contributed by atoms with E-state index in [1.807, 2.05) is 0 Å². The molecule has 0 bridgehead atoms. The molecule has 26 heavy (non-hydrogen) atoms. The van der Waals surface area contributed by atoms with Gasteiger partial charge in [0.1, 0.15) is 17.3 Å². The minimum atomic E-state index is -4.80. The van der Waals surface area contributed by atoms with E-state index in [1.54, 1.807) is 6.07 Å². The van der Waals surface area contributed by atoms with Crippen LogP contribution in [0, 0.1) is 5.82 Å². The third-order valence-corrected chi connectivity index (χ3v) is 3.65. The molecule has 2 aromatic carbocycles. The van der Waals surface area contributed by atoms with Gasteiger partial charge < -0.3 is 10.1 Å². The van der Waals surface area contributed by atoms with Crippen LogP contribution in [0.2, 0.25) is 0 Å². The monoisotopic (exact) mass is 382 g/mol. The third kappa shape index (κ3) is 3.99. The summed E-state index contributed by atoms with van der Waals surface area (Å²) in [5, 5.41) is 2.77. The quantitative estimate of drug-likeness (QED) is 0.495. The predicted octanol–water partition coefficient (Wildman–Crippen LogP) is 3.99. The molecule has 1 fully saturated rings. The Morgan fingerprint density at radius 3 is 2.42 bits per heavy atom. The molecule has 3 rings (SSSR count). The van der Waals surface area contributed by atoms with Gasteiger partial charge in [-0.05, 0) is 60.3 Å². The summed E-state index contributed by atoms with van der Waals surface area (Å²) in [4.78, 5) is 13.6. The van der Waals surface area contributed by atoms with Crippen LogP contribution in [0.3, 0.4) is 0 Å². The number of hydrogen-bond donors (Lipinski definition) is 1. The highest BCUT2D eigenvalue weighted by molar-refractivity contribution is 7.80. The van der Waals surface area contributed by atoms with E-state index in [4.69, 9.17) is 12.2 Å². The first-order valence-electron chi connectivity index (χ1n) is 7.21. The predicted molar refractivity (Wildman–Crippen MR) is 90.7 cm³/mol. The fourth-order valence-corrected chi connectivity index (χ4v) is 2.63. The van der Waals surface area contributed by atoms with Crippen molar-refractivity contribution in [3.63, 3.8) is 0 Å². The molecular formula is C17H10F4N2O2S. The van der Waals surface area contributed by atoms with E-state index in [0.29, 0.717) is 5.56 Å². The van der Waals surface area contributed by atoms with Crippen molar-refractivity contribution in [1.82, 2.24) is 5.32 Å². The van der Waals surface area contributed by atoms with Crippen LogP contribution in [0.1, 0.15) is 5.56 Å². The van der Waals surface area contributed by atoms with E-state index in [1.165, 1.54) is 36.4 Å². The van der Waals surface area contributed by atoms with Gasteiger partial charge in [-0.25, -0.2) is 4.39 Å².